The van der Waals surface area contributed by atoms with Crippen molar-refractivity contribution in [3.63, 3.8) is 0 Å². The number of aromatic carboxylic acids is 1. The van der Waals surface area contributed by atoms with E-state index in [0.29, 0.717) is 28.3 Å². The summed E-state index contributed by atoms with van der Waals surface area (Å²) in [5, 5.41) is 9.80. The van der Waals surface area contributed by atoms with Crippen LogP contribution in [0, 0.1) is 0 Å². The zero-order valence-electron chi connectivity index (χ0n) is 9.24. The second-order valence-electron chi connectivity index (χ2n) is 3.63. The number of rotatable bonds is 3. The van der Waals surface area contributed by atoms with E-state index < -0.39 is 5.97 Å². The van der Waals surface area contributed by atoms with Crippen molar-refractivity contribution in [1.29, 1.82) is 0 Å². The molecule has 0 aliphatic rings. The van der Waals surface area contributed by atoms with Gasteiger partial charge in [0.1, 0.15) is 11.3 Å². The molecule has 2 rings (SSSR count). The second kappa shape index (κ2) is 4.63. The first-order chi connectivity index (χ1) is 8.13. The average molecular weight is 251 g/mol. The molecule has 4 heteroatoms. The summed E-state index contributed by atoms with van der Waals surface area (Å²) in [4.78, 5) is 11.2. The van der Waals surface area contributed by atoms with Crippen molar-refractivity contribution < 1.29 is 14.3 Å². The number of hydrogen-bond acceptors (Lipinski definition) is 2. The van der Waals surface area contributed by atoms with Crippen LogP contribution in [0.1, 0.15) is 22.8 Å². The number of hydrogen-bond donors (Lipinski definition) is 1. The fourth-order valence-electron chi connectivity index (χ4n) is 1.70. The van der Waals surface area contributed by atoms with Gasteiger partial charge in [0, 0.05) is 16.1 Å². The van der Waals surface area contributed by atoms with Gasteiger partial charge < -0.3 is 9.52 Å². The maximum atomic E-state index is 11.2. The fraction of sp³-hybridized carbons (Fsp3) is 0.154. The smallest absolute Gasteiger partial charge is 0.339 e. The molecule has 0 spiro atoms. The first-order valence-electron chi connectivity index (χ1n) is 5.23. The molecule has 0 bridgehead atoms. The van der Waals surface area contributed by atoms with Gasteiger partial charge >= 0.3 is 5.97 Å². The minimum absolute atomic E-state index is 0.231. The van der Waals surface area contributed by atoms with E-state index >= 15 is 0 Å². The third-order valence-corrected chi connectivity index (χ3v) is 2.82. The van der Waals surface area contributed by atoms with Crippen molar-refractivity contribution in [3.05, 3.63) is 46.7 Å². The number of carboxylic acids is 1. The Balaban J connectivity index is 2.55. The number of benzene rings is 1. The summed E-state index contributed by atoms with van der Waals surface area (Å²) in [5.74, 6) is -0.591. The van der Waals surface area contributed by atoms with E-state index in [1.807, 2.05) is 6.92 Å². The number of halogens is 1. The Kier molecular flexibility index (Phi) is 3.20. The van der Waals surface area contributed by atoms with Crippen molar-refractivity contribution >= 4 is 17.6 Å². The van der Waals surface area contributed by atoms with Gasteiger partial charge in [-0.3, -0.25) is 0 Å². The first-order valence-corrected chi connectivity index (χ1v) is 5.61. The Bertz CT molecular complexity index is 540. The van der Waals surface area contributed by atoms with Crippen LogP contribution in [-0.4, -0.2) is 11.1 Å². The van der Waals surface area contributed by atoms with Crippen molar-refractivity contribution in [2.45, 2.75) is 13.3 Å². The molecule has 0 aliphatic heterocycles. The maximum absolute atomic E-state index is 11.2. The zero-order chi connectivity index (χ0) is 12.4. The highest BCUT2D eigenvalue weighted by Gasteiger charge is 2.20. The Labute approximate surface area is 104 Å². The Morgan fingerprint density at radius 1 is 1.35 bits per heavy atom. The molecule has 1 aromatic heterocycles. The molecular formula is C13H11ClO3. The van der Waals surface area contributed by atoms with E-state index in [2.05, 4.69) is 0 Å². The highest BCUT2D eigenvalue weighted by atomic mass is 35.5. The molecule has 0 fully saturated rings. The van der Waals surface area contributed by atoms with Crippen LogP contribution in [0.5, 0.6) is 0 Å². The molecule has 0 saturated carbocycles. The average Bonchev–Trinajstić information content (AvgIpc) is 2.73. The van der Waals surface area contributed by atoms with E-state index in [0.717, 1.165) is 0 Å². The van der Waals surface area contributed by atoms with Gasteiger partial charge in [-0.15, -0.1) is 0 Å². The SMILES string of the molecule is CCc1coc(-c2ccc(Cl)cc2)c1C(=O)O. The standard InChI is InChI=1S/C13H11ClO3/c1-2-8-7-17-12(11(8)13(15)16)9-3-5-10(14)6-4-9/h3-7H,2H2,1H3,(H,15,16). The number of carboxylic acid groups (broad SMARTS) is 1. The lowest BCUT2D eigenvalue weighted by atomic mass is 10.0. The van der Waals surface area contributed by atoms with Gasteiger partial charge in [0.15, 0.2) is 0 Å². The molecule has 3 nitrogen and oxygen atoms in total. The van der Waals surface area contributed by atoms with Crippen LogP contribution >= 0.6 is 11.6 Å². The molecule has 1 N–H and O–H groups in total. The van der Waals surface area contributed by atoms with Crippen molar-refractivity contribution in [3.8, 4) is 11.3 Å². The normalized spacial score (nSPS) is 10.5. The van der Waals surface area contributed by atoms with E-state index in [1.165, 1.54) is 6.26 Å². The highest BCUT2D eigenvalue weighted by Crippen LogP contribution is 2.29. The Morgan fingerprint density at radius 2 is 2.00 bits per heavy atom. The molecule has 17 heavy (non-hydrogen) atoms. The minimum Gasteiger partial charge on any atom is -0.478 e. The van der Waals surface area contributed by atoms with Gasteiger partial charge in [-0.25, -0.2) is 4.79 Å². The maximum Gasteiger partial charge on any atom is 0.339 e. The predicted molar refractivity (Wildman–Crippen MR) is 65.5 cm³/mol. The summed E-state index contributed by atoms with van der Waals surface area (Å²) >= 11 is 5.79. The Morgan fingerprint density at radius 3 is 2.53 bits per heavy atom. The summed E-state index contributed by atoms with van der Waals surface area (Å²) in [6, 6.07) is 6.90. The topological polar surface area (TPSA) is 50.4 Å². The summed E-state index contributed by atoms with van der Waals surface area (Å²) in [6.45, 7) is 1.89. The van der Waals surface area contributed by atoms with Crippen molar-refractivity contribution in [2.24, 2.45) is 0 Å². The predicted octanol–water partition coefficient (Wildman–Crippen LogP) is 3.86. The Hall–Kier alpha value is -1.74. The summed E-state index contributed by atoms with van der Waals surface area (Å²) in [7, 11) is 0. The van der Waals surface area contributed by atoms with Gasteiger partial charge in [-0.05, 0) is 30.7 Å². The van der Waals surface area contributed by atoms with E-state index in [-0.39, 0.29) is 5.56 Å². The molecule has 1 heterocycles. The van der Waals surface area contributed by atoms with Gasteiger partial charge in [-0.1, -0.05) is 18.5 Å². The van der Waals surface area contributed by atoms with Crippen LogP contribution < -0.4 is 0 Å². The molecule has 0 radical (unpaired) electrons. The van der Waals surface area contributed by atoms with Crippen LogP contribution in [0.15, 0.2) is 34.9 Å². The van der Waals surface area contributed by atoms with Crippen LogP contribution in [0.25, 0.3) is 11.3 Å². The number of furan rings is 1. The highest BCUT2D eigenvalue weighted by molar-refractivity contribution is 6.30. The molecule has 0 amide bonds. The van der Waals surface area contributed by atoms with Crippen molar-refractivity contribution in [1.82, 2.24) is 0 Å². The third-order valence-electron chi connectivity index (χ3n) is 2.57. The quantitative estimate of drug-likeness (QED) is 0.900. The molecule has 0 aliphatic carbocycles. The van der Waals surface area contributed by atoms with Crippen LogP contribution in [-0.2, 0) is 6.42 Å². The van der Waals surface area contributed by atoms with Crippen LogP contribution in [0.3, 0.4) is 0 Å². The fourth-order valence-corrected chi connectivity index (χ4v) is 1.83. The summed E-state index contributed by atoms with van der Waals surface area (Å²) < 4.78 is 5.35. The lowest BCUT2D eigenvalue weighted by Gasteiger charge is -2.00. The molecule has 88 valence electrons. The molecule has 1 aromatic carbocycles. The van der Waals surface area contributed by atoms with Gasteiger partial charge in [0.2, 0.25) is 0 Å². The van der Waals surface area contributed by atoms with E-state index in [1.54, 1.807) is 24.3 Å². The molecular weight excluding hydrogens is 240 g/mol. The van der Waals surface area contributed by atoms with Gasteiger partial charge in [0.25, 0.3) is 0 Å². The van der Waals surface area contributed by atoms with Gasteiger partial charge in [0.05, 0.1) is 6.26 Å². The molecule has 2 aromatic rings. The minimum atomic E-state index is -0.972. The summed E-state index contributed by atoms with van der Waals surface area (Å²) in [6.07, 6.45) is 2.12. The second-order valence-corrected chi connectivity index (χ2v) is 4.07. The number of aryl methyl sites for hydroxylation is 1. The molecule has 0 unspecified atom stereocenters. The first kappa shape index (κ1) is 11.7. The molecule has 0 atom stereocenters. The van der Waals surface area contributed by atoms with Crippen LogP contribution in [0.4, 0.5) is 0 Å². The van der Waals surface area contributed by atoms with E-state index in [9.17, 15) is 9.90 Å². The molecule has 0 saturated heterocycles. The van der Waals surface area contributed by atoms with E-state index in [4.69, 9.17) is 16.0 Å². The summed E-state index contributed by atoms with van der Waals surface area (Å²) in [5.41, 5.74) is 1.64. The lowest BCUT2D eigenvalue weighted by Crippen LogP contribution is -2.00. The van der Waals surface area contributed by atoms with Crippen LogP contribution in [0.2, 0.25) is 5.02 Å². The third kappa shape index (κ3) is 2.19. The zero-order valence-corrected chi connectivity index (χ0v) is 9.99. The van der Waals surface area contributed by atoms with Crippen molar-refractivity contribution in [2.75, 3.05) is 0 Å². The largest absolute Gasteiger partial charge is 0.478 e. The monoisotopic (exact) mass is 250 g/mol. The van der Waals surface area contributed by atoms with Gasteiger partial charge in [-0.2, -0.15) is 0 Å². The number of carbonyl (C=O) groups is 1. The lowest BCUT2D eigenvalue weighted by molar-refractivity contribution is 0.0696.